The number of piperazine rings is 1. The highest BCUT2D eigenvalue weighted by Crippen LogP contribution is 2.38. The summed E-state index contributed by atoms with van der Waals surface area (Å²) >= 11 is 0. The second-order valence-corrected chi connectivity index (χ2v) is 9.67. The van der Waals surface area contributed by atoms with Crippen molar-refractivity contribution < 1.29 is 14.5 Å². The quantitative estimate of drug-likeness (QED) is 0.502. The molecule has 9 nitrogen and oxygen atoms in total. The minimum Gasteiger partial charge on any atom is -0.379 e. The van der Waals surface area contributed by atoms with Crippen LogP contribution in [0.2, 0.25) is 0 Å². The smallest absolute Gasteiger partial charge is 0.269 e. The summed E-state index contributed by atoms with van der Waals surface area (Å²) < 4.78 is 5.41. The Morgan fingerprint density at radius 3 is 2.63 bits per heavy atom. The maximum absolute atomic E-state index is 13.5. The van der Waals surface area contributed by atoms with Crippen molar-refractivity contribution >= 4 is 23.0 Å². The predicted octanol–water partition coefficient (Wildman–Crippen LogP) is 2.22. The molecule has 2 fully saturated rings. The van der Waals surface area contributed by atoms with Crippen molar-refractivity contribution in [2.45, 2.75) is 19.4 Å². The molecule has 0 saturated carbocycles. The van der Waals surface area contributed by atoms with E-state index in [0.717, 1.165) is 69.4 Å². The zero-order valence-electron chi connectivity index (χ0n) is 20.2. The van der Waals surface area contributed by atoms with Gasteiger partial charge in [0.25, 0.3) is 5.69 Å². The van der Waals surface area contributed by atoms with E-state index in [2.05, 4.69) is 51.2 Å². The number of nitrogens with one attached hydrogen (secondary N) is 1. The fourth-order valence-electron chi connectivity index (χ4n) is 5.51. The van der Waals surface area contributed by atoms with Crippen LogP contribution in [0.1, 0.15) is 11.1 Å². The first kappa shape index (κ1) is 23.6. The van der Waals surface area contributed by atoms with E-state index < -0.39 is 0 Å². The molecule has 35 heavy (non-hydrogen) atoms. The highest BCUT2D eigenvalue weighted by molar-refractivity contribution is 5.82. The lowest BCUT2D eigenvalue weighted by Gasteiger charge is -2.49. The summed E-state index contributed by atoms with van der Waals surface area (Å²) in [6.07, 6.45) is 0.503. The van der Waals surface area contributed by atoms with Crippen LogP contribution >= 0.6 is 0 Å². The van der Waals surface area contributed by atoms with Gasteiger partial charge >= 0.3 is 0 Å². The third-order valence-corrected chi connectivity index (χ3v) is 7.47. The number of carbonyl (C=O) groups excluding carboxylic acids is 1. The molecule has 3 heterocycles. The molecule has 0 aromatic heterocycles. The van der Waals surface area contributed by atoms with Gasteiger partial charge < -0.3 is 19.9 Å². The molecule has 3 aliphatic rings. The molecule has 3 aliphatic heterocycles. The Balaban J connectivity index is 1.36. The molecule has 0 radical (unpaired) electrons. The number of nitrogens with zero attached hydrogens (tertiary/aromatic N) is 4. The van der Waals surface area contributed by atoms with Crippen molar-refractivity contribution in [2.75, 3.05) is 68.8 Å². The number of carbonyl (C=O) groups is 1. The number of anilines is 2. The first-order valence-corrected chi connectivity index (χ1v) is 12.4. The van der Waals surface area contributed by atoms with Gasteiger partial charge in [-0.2, -0.15) is 0 Å². The van der Waals surface area contributed by atoms with Crippen LogP contribution in [0, 0.1) is 23.0 Å². The van der Waals surface area contributed by atoms with Gasteiger partial charge in [-0.25, -0.2) is 0 Å². The standard InChI is InChI=1S/C26H33N5O4/c1-19-2-4-21(5-3-19)29-10-11-30-24-7-6-22(31(33)34)16-20(24)17-23(25(30)18-29)26(32)27-8-9-28-12-14-35-15-13-28/h2-7,16,23,25H,8-15,17-18H2,1H3,(H,27,32). The Bertz CT molecular complexity index is 1070. The van der Waals surface area contributed by atoms with Crippen LogP contribution in [0.4, 0.5) is 17.1 Å². The monoisotopic (exact) mass is 479 g/mol. The molecule has 2 aromatic rings. The number of hydrogen-bond donors (Lipinski definition) is 1. The van der Waals surface area contributed by atoms with E-state index in [-0.39, 0.29) is 28.5 Å². The van der Waals surface area contributed by atoms with Crippen LogP contribution in [-0.4, -0.2) is 80.8 Å². The number of nitro benzene ring substituents is 1. The lowest BCUT2D eigenvalue weighted by Crippen LogP contribution is -2.61. The Morgan fingerprint density at radius 2 is 1.89 bits per heavy atom. The summed E-state index contributed by atoms with van der Waals surface area (Å²) in [5, 5.41) is 14.6. The van der Waals surface area contributed by atoms with Crippen LogP contribution in [0.3, 0.4) is 0 Å². The molecule has 5 rings (SSSR count). The van der Waals surface area contributed by atoms with Gasteiger partial charge in [0.05, 0.1) is 30.1 Å². The number of fused-ring (bicyclic) bond motifs is 3. The van der Waals surface area contributed by atoms with Gasteiger partial charge in [0.2, 0.25) is 5.91 Å². The van der Waals surface area contributed by atoms with Gasteiger partial charge in [0, 0.05) is 69.3 Å². The summed E-state index contributed by atoms with van der Waals surface area (Å²) in [5.41, 5.74) is 4.36. The van der Waals surface area contributed by atoms with Crippen LogP contribution in [-0.2, 0) is 16.0 Å². The van der Waals surface area contributed by atoms with Crippen molar-refractivity contribution in [3.05, 3.63) is 63.7 Å². The zero-order chi connectivity index (χ0) is 24.4. The third kappa shape index (κ3) is 5.11. The van der Waals surface area contributed by atoms with Crippen LogP contribution < -0.4 is 15.1 Å². The predicted molar refractivity (Wildman–Crippen MR) is 135 cm³/mol. The van der Waals surface area contributed by atoms with E-state index in [1.807, 2.05) is 6.07 Å². The van der Waals surface area contributed by atoms with Crippen molar-refractivity contribution in [3.63, 3.8) is 0 Å². The van der Waals surface area contributed by atoms with Crippen LogP contribution in [0.5, 0.6) is 0 Å². The van der Waals surface area contributed by atoms with Gasteiger partial charge in [-0.1, -0.05) is 17.7 Å². The minimum atomic E-state index is -0.362. The van der Waals surface area contributed by atoms with E-state index in [0.29, 0.717) is 13.0 Å². The fraction of sp³-hybridized carbons (Fsp3) is 0.500. The second-order valence-electron chi connectivity index (χ2n) is 9.67. The fourth-order valence-corrected chi connectivity index (χ4v) is 5.51. The number of nitro groups is 1. The Morgan fingerprint density at radius 1 is 1.11 bits per heavy atom. The first-order valence-electron chi connectivity index (χ1n) is 12.4. The molecule has 0 spiro atoms. The molecular weight excluding hydrogens is 446 g/mol. The SMILES string of the molecule is Cc1ccc(N2CCN3c4ccc([N+](=O)[O-])cc4CC(C(=O)NCCN4CCOCC4)C3C2)cc1. The largest absolute Gasteiger partial charge is 0.379 e. The average Bonchev–Trinajstić information content (AvgIpc) is 2.88. The van der Waals surface area contributed by atoms with Crippen molar-refractivity contribution in [3.8, 4) is 0 Å². The molecule has 1 N–H and O–H groups in total. The van der Waals surface area contributed by atoms with Gasteiger partial charge in [-0.15, -0.1) is 0 Å². The molecule has 9 heteroatoms. The number of amides is 1. The van der Waals surface area contributed by atoms with E-state index in [4.69, 9.17) is 4.74 Å². The van der Waals surface area contributed by atoms with E-state index in [1.165, 1.54) is 5.56 Å². The average molecular weight is 480 g/mol. The van der Waals surface area contributed by atoms with Crippen LogP contribution in [0.15, 0.2) is 42.5 Å². The third-order valence-electron chi connectivity index (χ3n) is 7.47. The zero-order valence-corrected chi connectivity index (χ0v) is 20.2. The van der Waals surface area contributed by atoms with E-state index in [1.54, 1.807) is 12.1 Å². The van der Waals surface area contributed by atoms with Gasteiger partial charge in [-0.3, -0.25) is 19.8 Å². The topological polar surface area (TPSA) is 91.2 Å². The molecule has 0 bridgehead atoms. The summed E-state index contributed by atoms with van der Waals surface area (Å²) in [5.74, 6) is -0.251. The highest BCUT2D eigenvalue weighted by atomic mass is 16.6. The number of rotatable bonds is 6. The van der Waals surface area contributed by atoms with E-state index in [9.17, 15) is 14.9 Å². The summed E-state index contributed by atoms with van der Waals surface area (Å²) in [6, 6.07) is 13.6. The Labute approximate surface area is 205 Å². The van der Waals surface area contributed by atoms with Crippen molar-refractivity contribution in [2.24, 2.45) is 5.92 Å². The number of morpholine rings is 1. The number of non-ortho nitro benzene ring substituents is 1. The first-order chi connectivity index (χ1) is 17.0. The molecule has 0 aliphatic carbocycles. The lowest BCUT2D eigenvalue weighted by atomic mass is 9.83. The normalized spacial score (nSPS) is 22.3. The number of aryl methyl sites for hydroxylation is 1. The molecule has 2 unspecified atom stereocenters. The van der Waals surface area contributed by atoms with Crippen molar-refractivity contribution in [1.82, 2.24) is 10.2 Å². The maximum atomic E-state index is 13.5. The molecular formula is C26H33N5O4. The van der Waals surface area contributed by atoms with Gasteiger partial charge in [0.15, 0.2) is 0 Å². The van der Waals surface area contributed by atoms with Crippen molar-refractivity contribution in [1.29, 1.82) is 0 Å². The number of benzene rings is 2. The van der Waals surface area contributed by atoms with Crippen LogP contribution in [0.25, 0.3) is 0 Å². The maximum Gasteiger partial charge on any atom is 0.269 e. The lowest BCUT2D eigenvalue weighted by molar-refractivity contribution is -0.384. The Kier molecular flexibility index (Phi) is 6.88. The summed E-state index contributed by atoms with van der Waals surface area (Å²) in [7, 11) is 0. The second kappa shape index (κ2) is 10.2. The highest BCUT2D eigenvalue weighted by Gasteiger charge is 2.42. The molecule has 1 amide bonds. The van der Waals surface area contributed by atoms with Gasteiger partial charge in [0.1, 0.15) is 0 Å². The summed E-state index contributed by atoms with van der Waals surface area (Å²) in [6.45, 7) is 9.05. The molecule has 2 aromatic carbocycles. The molecule has 186 valence electrons. The summed E-state index contributed by atoms with van der Waals surface area (Å²) in [4.78, 5) is 31.5. The van der Waals surface area contributed by atoms with Gasteiger partial charge in [-0.05, 0) is 37.1 Å². The Hall–Kier alpha value is -3.17. The molecule has 2 atom stereocenters. The molecule has 2 saturated heterocycles. The number of hydrogen-bond acceptors (Lipinski definition) is 7. The minimum absolute atomic E-state index is 0.00222. The van der Waals surface area contributed by atoms with E-state index >= 15 is 0 Å². The number of ether oxygens (including phenoxy) is 1.